The van der Waals surface area contributed by atoms with Crippen molar-refractivity contribution in [3.05, 3.63) is 41.5 Å². The first-order valence-electron chi connectivity index (χ1n) is 8.64. The number of rotatable bonds is 5. The van der Waals surface area contributed by atoms with Crippen molar-refractivity contribution < 1.29 is 14.2 Å². The van der Waals surface area contributed by atoms with Gasteiger partial charge in [-0.05, 0) is 32.9 Å². The summed E-state index contributed by atoms with van der Waals surface area (Å²) in [6.07, 6.45) is 3.79. The van der Waals surface area contributed by atoms with E-state index in [4.69, 9.17) is 14.2 Å². The Hall–Kier alpha value is -2.96. The summed E-state index contributed by atoms with van der Waals surface area (Å²) in [7, 11) is 1.62. The molecule has 0 unspecified atom stereocenters. The first kappa shape index (κ1) is 16.5. The van der Waals surface area contributed by atoms with E-state index in [2.05, 4.69) is 35.4 Å². The Balaban J connectivity index is 1.74. The molecule has 1 aromatic carbocycles. The average molecular weight is 354 g/mol. The molecule has 0 fully saturated rings. The molecule has 0 spiro atoms. The predicted molar refractivity (Wildman–Crippen MR) is 96.8 cm³/mol. The number of benzene rings is 1. The van der Waals surface area contributed by atoms with Crippen molar-refractivity contribution in [1.29, 1.82) is 0 Å². The third-order valence-electron chi connectivity index (χ3n) is 4.79. The van der Waals surface area contributed by atoms with Crippen LogP contribution in [0.15, 0.2) is 24.5 Å². The number of imidazole rings is 1. The molecule has 7 heteroatoms. The predicted octanol–water partition coefficient (Wildman–Crippen LogP) is 3.17. The lowest BCUT2D eigenvalue weighted by Gasteiger charge is -2.11. The molecule has 0 saturated heterocycles. The average Bonchev–Trinajstić information content (AvgIpc) is 3.36. The fourth-order valence-electron chi connectivity index (χ4n) is 3.40. The SMILES string of the molecule is CCn1nc(C)c(Cn2ccnc2-c2cc(OC)c3c(c2)OCO3)c1C. The zero-order chi connectivity index (χ0) is 18.3. The van der Waals surface area contributed by atoms with E-state index in [1.54, 1.807) is 13.3 Å². The van der Waals surface area contributed by atoms with E-state index >= 15 is 0 Å². The molecular formula is C19H22N4O3. The highest BCUT2D eigenvalue weighted by Crippen LogP contribution is 2.44. The van der Waals surface area contributed by atoms with Crippen LogP contribution in [0.1, 0.15) is 23.9 Å². The summed E-state index contributed by atoms with van der Waals surface area (Å²) in [6, 6.07) is 3.88. The maximum atomic E-state index is 5.54. The van der Waals surface area contributed by atoms with Crippen molar-refractivity contribution in [2.75, 3.05) is 13.9 Å². The molecule has 0 amide bonds. The first-order chi connectivity index (χ1) is 12.6. The van der Waals surface area contributed by atoms with Crippen LogP contribution in [0.5, 0.6) is 17.2 Å². The standard InChI is InChI=1S/C19H22N4O3/c1-5-23-13(3)15(12(2)21-23)10-22-7-6-20-19(22)14-8-16(24-4)18-17(9-14)25-11-26-18/h6-9H,5,10-11H2,1-4H3. The maximum Gasteiger partial charge on any atom is 0.231 e. The van der Waals surface area contributed by atoms with E-state index in [1.807, 2.05) is 23.0 Å². The molecule has 1 aliphatic rings. The van der Waals surface area contributed by atoms with Crippen molar-refractivity contribution in [1.82, 2.24) is 19.3 Å². The molecule has 0 saturated carbocycles. The zero-order valence-corrected chi connectivity index (χ0v) is 15.4. The van der Waals surface area contributed by atoms with Crippen molar-refractivity contribution in [2.24, 2.45) is 0 Å². The van der Waals surface area contributed by atoms with Gasteiger partial charge >= 0.3 is 0 Å². The molecule has 136 valence electrons. The summed E-state index contributed by atoms with van der Waals surface area (Å²) in [5.41, 5.74) is 4.38. The maximum absolute atomic E-state index is 5.54. The van der Waals surface area contributed by atoms with Gasteiger partial charge in [0, 0.05) is 35.8 Å². The van der Waals surface area contributed by atoms with Crippen LogP contribution >= 0.6 is 0 Å². The molecule has 0 atom stereocenters. The van der Waals surface area contributed by atoms with Crippen molar-refractivity contribution >= 4 is 0 Å². The zero-order valence-electron chi connectivity index (χ0n) is 15.4. The van der Waals surface area contributed by atoms with Crippen LogP contribution in [0, 0.1) is 13.8 Å². The molecule has 0 radical (unpaired) electrons. The van der Waals surface area contributed by atoms with Crippen molar-refractivity contribution in [3.8, 4) is 28.6 Å². The molecule has 3 heterocycles. The van der Waals surface area contributed by atoms with E-state index in [0.29, 0.717) is 23.8 Å². The topological polar surface area (TPSA) is 63.3 Å². The lowest BCUT2D eigenvalue weighted by molar-refractivity contribution is 0.171. The number of hydrogen-bond acceptors (Lipinski definition) is 5. The molecule has 0 bridgehead atoms. The van der Waals surface area contributed by atoms with Crippen LogP contribution in [-0.2, 0) is 13.1 Å². The fraction of sp³-hybridized carbons (Fsp3) is 0.368. The minimum Gasteiger partial charge on any atom is -0.493 e. The van der Waals surface area contributed by atoms with E-state index < -0.39 is 0 Å². The molecule has 4 rings (SSSR count). The molecular weight excluding hydrogens is 332 g/mol. The number of fused-ring (bicyclic) bond motifs is 1. The molecule has 2 aromatic heterocycles. The Morgan fingerprint density at radius 1 is 1.23 bits per heavy atom. The van der Waals surface area contributed by atoms with E-state index in [0.717, 1.165) is 23.6 Å². The fourth-order valence-corrected chi connectivity index (χ4v) is 3.40. The molecule has 7 nitrogen and oxygen atoms in total. The summed E-state index contributed by atoms with van der Waals surface area (Å²) >= 11 is 0. The van der Waals surface area contributed by atoms with Crippen LogP contribution in [0.3, 0.4) is 0 Å². The van der Waals surface area contributed by atoms with Crippen LogP contribution < -0.4 is 14.2 Å². The second-order valence-corrected chi connectivity index (χ2v) is 6.26. The monoisotopic (exact) mass is 354 g/mol. The molecule has 26 heavy (non-hydrogen) atoms. The van der Waals surface area contributed by atoms with Gasteiger partial charge in [0.25, 0.3) is 0 Å². The number of aryl methyl sites for hydroxylation is 2. The Kier molecular flexibility index (Phi) is 4.06. The van der Waals surface area contributed by atoms with E-state index in [1.165, 1.54) is 11.3 Å². The number of ether oxygens (including phenoxy) is 3. The molecule has 1 aliphatic heterocycles. The van der Waals surface area contributed by atoms with E-state index in [9.17, 15) is 0 Å². The number of aromatic nitrogens is 4. The van der Waals surface area contributed by atoms with Gasteiger partial charge < -0.3 is 18.8 Å². The minimum atomic E-state index is 0.207. The summed E-state index contributed by atoms with van der Waals surface area (Å²) in [5, 5.41) is 4.61. The number of methoxy groups -OCH3 is 1. The van der Waals surface area contributed by atoms with Gasteiger partial charge in [-0.25, -0.2) is 4.98 Å². The molecule has 3 aromatic rings. The number of hydrogen-bond donors (Lipinski definition) is 0. The van der Waals surface area contributed by atoms with Gasteiger partial charge in [-0.3, -0.25) is 4.68 Å². The van der Waals surface area contributed by atoms with Gasteiger partial charge in [0.05, 0.1) is 19.3 Å². The Labute approximate surface area is 152 Å². The second-order valence-electron chi connectivity index (χ2n) is 6.26. The van der Waals surface area contributed by atoms with Gasteiger partial charge in [-0.2, -0.15) is 5.10 Å². The Morgan fingerprint density at radius 2 is 2.08 bits per heavy atom. The number of nitrogens with zero attached hydrogens (tertiary/aromatic N) is 4. The highest BCUT2D eigenvalue weighted by Gasteiger charge is 2.22. The van der Waals surface area contributed by atoms with Crippen molar-refractivity contribution in [2.45, 2.75) is 33.9 Å². The van der Waals surface area contributed by atoms with Crippen molar-refractivity contribution in [3.63, 3.8) is 0 Å². The van der Waals surface area contributed by atoms with Crippen LogP contribution in [0.2, 0.25) is 0 Å². The third kappa shape index (κ3) is 2.60. The van der Waals surface area contributed by atoms with Crippen LogP contribution in [0.4, 0.5) is 0 Å². The highest BCUT2D eigenvalue weighted by atomic mass is 16.7. The quantitative estimate of drug-likeness (QED) is 0.704. The highest BCUT2D eigenvalue weighted by molar-refractivity contribution is 5.67. The molecule has 0 aliphatic carbocycles. The van der Waals surface area contributed by atoms with Gasteiger partial charge in [0.2, 0.25) is 12.5 Å². The summed E-state index contributed by atoms with van der Waals surface area (Å²) < 4.78 is 20.6. The first-order valence-corrected chi connectivity index (χ1v) is 8.64. The summed E-state index contributed by atoms with van der Waals surface area (Å²) in [5.74, 6) is 2.82. The lowest BCUT2D eigenvalue weighted by Crippen LogP contribution is -2.04. The Bertz CT molecular complexity index is 958. The molecule has 0 N–H and O–H groups in total. The second kappa shape index (κ2) is 6.40. The minimum absolute atomic E-state index is 0.207. The Morgan fingerprint density at radius 3 is 2.81 bits per heavy atom. The van der Waals surface area contributed by atoms with Crippen LogP contribution in [0.25, 0.3) is 11.4 Å². The van der Waals surface area contributed by atoms with Gasteiger partial charge in [-0.15, -0.1) is 0 Å². The van der Waals surface area contributed by atoms with Crippen LogP contribution in [-0.4, -0.2) is 33.2 Å². The normalized spacial score (nSPS) is 12.6. The van der Waals surface area contributed by atoms with Gasteiger partial charge in [0.15, 0.2) is 11.5 Å². The van der Waals surface area contributed by atoms with Gasteiger partial charge in [-0.1, -0.05) is 0 Å². The lowest BCUT2D eigenvalue weighted by atomic mass is 10.1. The summed E-state index contributed by atoms with van der Waals surface area (Å²) in [4.78, 5) is 4.55. The largest absolute Gasteiger partial charge is 0.493 e. The van der Waals surface area contributed by atoms with Gasteiger partial charge in [0.1, 0.15) is 5.82 Å². The summed E-state index contributed by atoms with van der Waals surface area (Å²) in [6.45, 7) is 8.04. The third-order valence-corrected chi connectivity index (χ3v) is 4.79. The smallest absolute Gasteiger partial charge is 0.231 e. The van der Waals surface area contributed by atoms with E-state index in [-0.39, 0.29) is 6.79 Å².